The molecule has 1 aromatic heterocycles. The summed E-state index contributed by atoms with van der Waals surface area (Å²) >= 11 is 3.47. The first-order valence-corrected chi connectivity index (χ1v) is 7.24. The highest BCUT2D eigenvalue weighted by molar-refractivity contribution is 9.09. The Morgan fingerprint density at radius 2 is 2.41 bits per heavy atom. The molecule has 1 atom stereocenters. The molecule has 0 aliphatic carbocycles. The molecule has 0 radical (unpaired) electrons. The fraction of sp³-hybridized carbons (Fsp3) is 0.667. The summed E-state index contributed by atoms with van der Waals surface area (Å²) in [5.74, 6) is 1.30. The number of hydrogen-bond donors (Lipinski definition) is 0. The van der Waals surface area contributed by atoms with E-state index in [9.17, 15) is 4.79 Å². The van der Waals surface area contributed by atoms with E-state index in [1.54, 1.807) is 17.0 Å². The van der Waals surface area contributed by atoms with Crippen LogP contribution < -0.4 is 10.5 Å². The van der Waals surface area contributed by atoms with E-state index in [0.29, 0.717) is 18.3 Å². The van der Waals surface area contributed by atoms with Crippen molar-refractivity contribution in [2.24, 2.45) is 5.92 Å². The molecule has 5 heteroatoms. The van der Waals surface area contributed by atoms with Crippen LogP contribution in [0.2, 0.25) is 0 Å². The Balaban J connectivity index is 2.16. The molecule has 0 aromatic carbocycles. The Hall–Kier alpha value is -0.840. The number of halogens is 1. The summed E-state index contributed by atoms with van der Waals surface area (Å²) in [7, 11) is 0. The van der Waals surface area contributed by atoms with Gasteiger partial charge >= 0.3 is 0 Å². The van der Waals surface area contributed by atoms with Crippen molar-refractivity contribution in [3.63, 3.8) is 0 Å². The fourth-order valence-corrected chi connectivity index (χ4v) is 2.96. The normalized spacial score (nSPS) is 19.9. The fourth-order valence-electron chi connectivity index (χ4n) is 2.32. The van der Waals surface area contributed by atoms with Crippen molar-refractivity contribution in [2.45, 2.75) is 26.3 Å². The molecule has 94 valence electrons. The third-order valence-corrected chi connectivity index (χ3v) is 3.80. The largest absolute Gasteiger partial charge is 0.352 e. The number of nitrogens with zero attached hydrogens (tertiary/aromatic N) is 3. The van der Waals surface area contributed by atoms with Gasteiger partial charge < -0.3 is 9.47 Å². The van der Waals surface area contributed by atoms with Crippen LogP contribution in [0.3, 0.4) is 0 Å². The van der Waals surface area contributed by atoms with Crippen LogP contribution in [0.15, 0.2) is 17.2 Å². The van der Waals surface area contributed by atoms with Gasteiger partial charge in [0, 0.05) is 37.4 Å². The van der Waals surface area contributed by atoms with Gasteiger partial charge in [-0.1, -0.05) is 15.9 Å². The lowest BCUT2D eigenvalue weighted by molar-refractivity contribution is 0.575. The van der Waals surface area contributed by atoms with Crippen LogP contribution in [0.4, 0.5) is 5.82 Å². The summed E-state index contributed by atoms with van der Waals surface area (Å²) in [6.07, 6.45) is 5.80. The SMILES string of the molecule is CCn1ccnc(N2CCC(CCBr)C2)c1=O. The molecule has 0 bridgehead atoms. The average molecular weight is 300 g/mol. The topological polar surface area (TPSA) is 38.1 Å². The molecule has 4 nitrogen and oxygen atoms in total. The van der Waals surface area contributed by atoms with Gasteiger partial charge in [0.05, 0.1) is 0 Å². The van der Waals surface area contributed by atoms with Crippen molar-refractivity contribution in [3.05, 3.63) is 22.7 Å². The predicted molar refractivity (Wildman–Crippen MR) is 72.9 cm³/mol. The molecule has 0 N–H and O–H groups in total. The van der Waals surface area contributed by atoms with Crippen molar-refractivity contribution >= 4 is 21.7 Å². The van der Waals surface area contributed by atoms with Gasteiger partial charge in [-0.25, -0.2) is 4.98 Å². The van der Waals surface area contributed by atoms with Crippen molar-refractivity contribution in [3.8, 4) is 0 Å². The van der Waals surface area contributed by atoms with Gasteiger partial charge in [-0.15, -0.1) is 0 Å². The first-order chi connectivity index (χ1) is 8.26. The highest BCUT2D eigenvalue weighted by Crippen LogP contribution is 2.22. The maximum Gasteiger partial charge on any atom is 0.293 e. The van der Waals surface area contributed by atoms with Gasteiger partial charge in [-0.2, -0.15) is 0 Å². The lowest BCUT2D eigenvalue weighted by atomic mass is 10.1. The van der Waals surface area contributed by atoms with Gasteiger partial charge in [0.25, 0.3) is 5.56 Å². The van der Waals surface area contributed by atoms with Crippen molar-refractivity contribution < 1.29 is 0 Å². The predicted octanol–water partition coefficient (Wildman–Crippen LogP) is 1.87. The van der Waals surface area contributed by atoms with Gasteiger partial charge in [0.2, 0.25) is 0 Å². The standard InChI is InChI=1S/C12H18BrN3O/c1-2-15-8-6-14-11(12(15)17)16-7-4-10(9-16)3-5-13/h6,8,10H,2-5,7,9H2,1H3. The van der Waals surface area contributed by atoms with E-state index in [1.165, 1.54) is 6.42 Å². The zero-order valence-corrected chi connectivity index (χ0v) is 11.7. The quantitative estimate of drug-likeness (QED) is 0.797. The summed E-state index contributed by atoms with van der Waals surface area (Å²) in [4.78, 5) is 18.5. The van der Waals surface area contributed by atoms with Crippen LogP contribution in [0.5, 0.6) is 0 Å². The first kappa shape index (κ1) is 12.6. The molecule has 1 saturated heterocycles. The number of aryl methyl sites for hydroxylation is 1. The van der Waals surface area contributed by atoms with E-state index in [0.717, 1.165) is 24.8 Å². The number of aromatic nitrogens is 2. The Morgan fingerprint density at radius 3 is 3.12 bits per heavy atom. The summed E-state index contributed by atoms with van der Waals surface area (Å²) in [5.41, 5.74) is 0.0366. The Kier molecular flexibility index (Phi) is 4.20. The van der Waals surface area contributed by atoms with Crippen LogP contribution in [0.25, 0.3) is 0 Å². The monoisotopic (exact) mass is 299 g/mol. The molecule has 2 heterocycles. The molecular weight excluding hydrogens is 282 g/mol. The summed E-state index contributed by atoms with van der Waals surface area (Å²) in [6, 6.07) is 0. The molecule has 1 aliphatic rings. The molecule has 1 unspecified atom stereocenters. The molecular formula is C12H18BrN3O. The molecule has 0 spiro atoms. The zero-order chi connectivity index (χ0) is 12.3. The lowest BCUT2D eigenvalue weighted by Crippen LogP contribution is -2.31. The minimum atomic E-state index is 0.0366. The van der Waals surface area contributed by atoms with E-state index in [4.69, 9.17) is 0 Å². The van der Waals surface area contributed by atoms with Gasteiger partial charge in [-0.3, -0.25) is 4.79 Å². The van der Waals surface area contributed by atoms with E-state index in [1.807, 2.05) is 6.92 Å². The van der Waals surface area contributed by atoms with Crippen molar-refractivity contribution in [2.75, 3.05) is 23.3 Å². The second-order valence-electron chi connectivity index (χ2n) is 4.42. The summed E-state index contributed by atoms with van der Waals surface area (Å²) in [6.45, 7) is 4.59. The van der Waals surface area contributed by atoms with Crippen LogP contribution in [0, 0.1) is 5.92 Å². The Bertz CT molecular complexity index is 432. The Morgan fingerprint density at radius 1 is 1.59 bits per heavy atom. The smallest absolute Gasteiger partial charge is 0.293 e. The number of rotatable bonds is 4. The highest BCUT2D eigenvalue weighted by Gasteiger charge is 2.24. The third-order valence-electron chi connectivity index (χ3n) is 3.34. The van der Waals surface area contributed by atoms with Crippen LogP contribution in [-0.4, -0.2) is 28.0 Å². The summed E-state index contributed by atoms with van der Waals surface area (Å²) < 4.78 is 1.71. The van der Waals surface area contributed by atoms with Crippen LogP contribution >= 0.6 is 15.9 Å². The average Bonchev–Trinajstić information content (AvgIpc) is 2.78. The van der Waals surface area contributed by atoms with E-state index >= 15 is 0 Å². The highest BCUT2D eigenvalue weighted by atomic mass is 79.9. The second kappa shape index (κ2) is 5.67. The summed E-state index contributed by atoms with van der Waals surface area (Å²) in [5, 5.41) is 1.03. The van der Waals surface area contributed by atoms with Gasteiger partial charge in [0.1, 0.15) is 0 Å². The van der Waals surface area contributed by atoms with Crippen molar-refractivity contribution in [1.29, 1.82) is 0 Å². The maximum absolute atomic E-state index is 12.1. The first-order valence-electron chi connectivity index (χ1n) is 6.12. The van der Waals surface area contributed by atoms with Crippen molar-refractivity contribution in [1.82, 2.24) is 9.55 Å². The minimum Gasteiger partial charge on any atom is -0.352 e. The molecule has 2 rings (SSSR count). The molecule has 1 aliphatic heterocycles. The second-order valence-corrected chi connectivity index (χ2v) is 5.21. The molecule has 0 amide bonds. The van der Waals surface area contributed by atoms with Gasteiger partial charge in [0.15, 0.2) is 5.82 Å². The maximum atomic E-state index is 12.1. The van der Waals surface area contributed by atoms with E-state index in [2.05, 4.69) is 25.8 Å². The lowest BCUT2D eigenvalue weighted by Gasteiger charge is -2.17. The molecule has 1 aromatic rings. The van der Waals surface area contributed by atoms with Crippen LogP contribution in [0.1, 0.15) is 19.8 Å². The number of alkyl halides is 1. The zero-order valence-electron chi connectivity index (χ0n) is 10.1. The molecule has 1 fully saturated rings. The minimum absolute atomic E-state index is 0.0366. The van der Waals surface area contributed by atoms with E-state index in [-0.39, 0.29) is 5.56 Å². The van der Waals surface area contributed by atoms with Crippen LogP contribution in [-0.2, 0) is 6.54 Å². The number of anilines is 1. The Labute approximate surface area is 110 Å². The van der Waals surface area contributed by atoms with Gasteiger partial charge in [-0.05, 0) is 25.7 Å². The third kappa shape index (κ3) is 2.70. The molecule has 17 heavy (non-hydrogen) atoms. The molecule has 0 saturated carbocycles. The number of hydrogen-bond acceptors (Lipinski definition) is 3. The van der Waals surface area contributed by atoms with E-state index < -0.39 is 0 Å².